The average Bonchev–Trinajstić information content (AvgIpc) is 2.60. The Balaban J connectivity index is 2.02. The number of nitro benzene ring substituents is 1. The normalized spacial score (nSPS) is 10.9. The van der Waals surface area contributed by atoms with Crippen molar-refractivity contribution in [2.45, 2.75) is 18.2 Å². The van der Waals surface area contributed by atoms with Crippen LogP contribution < -0.4 is 15.6 Å². The maximum absolute atomic E-state index is 12.2. The summed E-state index contributed by atoms with van der Waals surface area (Å²) < 4.78 is 24.4. The van der Waals surface area contributed by atoms with E-state index in [4.69, 9.17) is 12.2 Å². The topological polar surface area (TPSA) is 113 Å². The van der Waals surface area contributed by atoms with Crippen LogP contribution in [0, 0.1) is 10.1 Å². The predicted octanol–water partition coefficient (Wildman–Crippen LogP) is 2.34. The van der Waals surface area contributed by atoms with Gasteiger partial charge in [-0.05, 0) is 42.4 Å². The molecule has 0 radical (unpaired) electrons. The molecule has 0 unspecified atom stereocenters. The second kappa shape index (κ2) is 8.01. The number of hydrogen-bond acceptors (Lipinski definition) is 5. The Morgan fingerprint density at radius 2 is 1.92 bits per heavy atom. The zero-order valence-corrected chi connectivity index (χ0v) is 14.9. The highest BCUT2D eigenvalue weighted by Gasteiger charge is 2.17. The van der Waals surface area contributed by atoms with Gasteiger partial charge in [0.25, 0.3) is 15.7 Å². The molecule has 0 amide bonds. The number of aryl methyl sites for hydroxylation is 1. The Morgan fingerprint density at radius 3 is 2.60 bits per heavy atom. The molecule has 0 heterocycles. The summed E-state index contributed by atoms with van der Waals surface area (Å²) in [6.07, 6.45) is 0.856. The second-order valence-corrected chi connectivity index (χ2v) is 7.08. The zero-order chi connectivity index (χ0) is 18.4. The monoisotopic (exact) mass is 380 g/mol. The molecule has 25 heavy (non-hydrogen) atoms. The summed E-state index contributed by atoms with van der Waals surface area (Å²) in [5.41, 5.74) is 3.87. The number of hydrazine groups is 1. The highest BCUT2D eigenvalue weighted by Crippen LogP contribution is 2.16. The Morgan fingerprint density at radius 1 is 1.20 bits per heavy atom. The molecular formula is C15H16N4O4S2. The minimum absolute atomic E-state index is 0.0438. The van der Waals surface area contributed by atoms with Gasteiger partial charge in [-0.3, -0.25) is 15.5 Å². The number of hydrogen-bond donors (Lipinski definition) is 3. The number of benzene rings is 2. The van der Waals surface area contributed by atoms with E-state index in [1.165, 1.54) is 18.2 Å². The van der Waals surface area contributed by atoms with Gasteiger partial charge >= 0.3 is 0 Å². The summed E-state index contributed by atoms with van der Waals surface area (Å²) in [6.45, 7) is 2.02. The van der Waals surface area contributed by atoms with Crippen molar-refractivity contribution in [3.8, 4) is 0 Å². The van der Waals surface area contributed by atoms with Crippen molar-refractivity contribution in [3.05, 3.63) is 64.2 Å². The third kappa shape index (κ3) is 5.21. The van der Waals surface area contributed by atoms with E-state index >= 15 is 0 Å². The Bertz CT molecular complexity index is 900. The van der Waals surface area contributed by atoms with Crippen molar-refractivity contribution in [1.82, 2.24) is 10.3 Å². The van der Waals surface area contributed by atoms with Crippen LogP contribution in [0.5, 0.6) is 0 Å². The van der Waals surface area contributed by atoms with Gasteiger partial charge in [0.1, 0.15) is 0 Å². The van der Waals surface area contributed by atoms with Crippen LogP contribution >= 0.6 is 12.2 Å². The molecule has 0 aromatic heterocycles. The molecule has 0 saturated carbocycles. The fourth-order valence-electron chi connectivity index (χ4n) is 1.97. The van der Waals surface area contributed by atoms with Crippen molar-refractivity contribution in [2.75, 3.05) is 5.32 Å². The van der Waals surface area contributed by atoms with Crippen LogP contribution in [0.3, 0.4) is 0 Å². The van der Waals surface area contributed by atoms with E-state index in [-0.39, 0.29) is 15.7 Å². The molecule has 0 bridgehead atoms. The lowest BCUT2D eigenvalue weighted by molar-refractivity contribution is -0.385. The van der Waals surface area contributed by atoms with Gasteiger partial charge in [0.2, 0.25) is 0 Å². The summed E-state index contributed by atoms with van der Waals surface area (Å²) in [5, 5.41) is 13.6. The molecule has 3 N–H and O–H groups in total. The van der Waals surface area contributed by atoms with Crippen LogP contribution in [0.4, 0.5) is 11.4 Å². The van der Waals surface area contributed by atoms with Crippen molar-refractivity contribution >= 4 is 38.7 Å². The average molecular weight is 380 g/mol. The molecule has 0 fully saturated rings. The lowest BCUT2D eigenvalue weighted by atomic mass is 10.1. The fraction of sp³-hybridized carbons (Fsp3) is 0.133. The number of nitrogens with zero attached hydrogens (tertiary/aromatic N) is 1. The summed E-state index contributed by atoms with van der Waals surface area (Å²) in [5.74, 6) is 0. The minimum atomic E-state index is -4.01. The molecule has 132 valence electrons. The van der Waals surface area contributed by atoms with Crippen LogP contribution in [0.15, 0.2) is 53.4 Å². The summed E-state index contributed by atoms with van der Waals surface area (Å²) in [7, 11) is -4.01. The Hall–Kier alpha value is -2.56. The molecule has 0 aliphatic carbocycles. The first kappa shape index (κ1) is 18.8. The van der Waals surface area contributed by atoms with Crippen molar-refractivity contribution in [1.29, 1.82) is 0 Å². The molecule has 0 saturated heterocycles. The Labute approximate surface area is 150 Å². The molecule has 0 atom stereocenters. The highest BCUT2D eigenvalue weighted by molar-refractivity contribution is 7.89. The van der Waals surface area contributed by atoms with Crippen LogP contribution in [-0.2, 0) is 16.4 Å². The van der Waals surface area contributed by atoms with E-state index in [1.54, 1.807) is 6.07 Å². The van der Waals surface area contributed by atoms with Crippen LogP contribution in [-0.4, -0.2) is 18.5 Å². The van der Waals surface area contributed by atoms with Gasteiger partial charge in [0, 0.05) is 17.8 Å². The molecule has 0 aliphatic rings. The van der Waals surface area contributed by atoms with E-state index in [1.807, 2.05) is 25.1 Å². The number of non-ortho nitro benzene ring substituents is 1. The number of nitrogens with one attached hydrogen (secondary N) is 3. The van der Waals surface area contributed by atoms with E-state index in [9.17, 15) is 18.5 Å². The molecule has 8 nitrogen and oxygen atoms in total. The molecular weight excluding hydrogens is 364 g/mol. The number of rotatable bonds is 6. The van der Waals surface area contributed by atoms with E-state index < -0.39 is 14.9 Å². The molecule has 2 aromatic rings. The minimum Gasteiger partial charge on any atom is -0.332 e. The largest absolute Gasteiger partial charge is 0.332 e. The smallest absolute Gasteiger partial charge is 0.270 e. The first-order chi connectivity index (χ1) is 11.8. The van der Waals surface area contributed by atoms with Gasteiger partial charge in [-0.15, -0.1) is 4.83 Å². The fourth-order valence-corrected chi connectivity index (χ4v) is 3.09. The van der Waals surface area contributed by atoms with Crippen molar-refractivity contribution in [2.24, 2.45) is 0 Å². The lowest BCUT2D eigenvalue weighted by Crippen LogP contribution is -2.43. The summed E-state index contributed by atoms with van der Waals surface area (Å²) >= 11 is 5.04. The molecule has 0 spiro atoms. The van der Waals surface area contributed by atoms with E-state index in [0.717, 1.165) is 18.1 Å². The van der Waals surface area contributed by atoms with Gasteiger partial charge in [-0.1, -0.05) is 25.1 Å². The zero-order valence-electron chi connectivity index (χ0n) is 13.2. The summed E-state index contributed by atoms with van der Waals surface area (Å²) in [4.78, 5) is 11.9. The second-order valence-electron chi connectivity index (χ2n) is 4.99. The summed E-state index contributed by atoms with van der Waals surface area (Å²) in [6, 6.07) is 12.2. The predicted molar refractivity (Wildman–Crippen MR) is 98.6 cm³/mol. The van der Waals surface area contributed by atoms with Gasteiger partial charge in [-0.2, -0.15) is 0 Å². The third-order valence-corrected chi connectivity index (χ3v) is 4.68. The molecule has 2 rings (SSSR count). The van der Waals surface area contributed by atoms with Gasteiger partial charge in [0.15, 0.2) is 5.11 Å². The van der Waals surface area contributed by atoms with E-state index in [2.05, 4.69) is 15.6 Å². The van der Waals surface area contributed by atoms with Crippen LogP contribution in [0.25, 0.3) is 0 Å². The number of sulfonamides is 1. The quantitative estimate of drug-likeness (QED) is 0.400. The number of anilines is 1. The standard InChI is InChI=1S/C15H16N4O4S2/c1-2-11-5-3-6-12(9-11)16-15(24)17-18-25(22,23)14-8-4-7-13(10-14)19(20)21/h3-10,18H,2H2,1H3,(H2,16,17,24). The molecule has 2 aromatic carbocycles. The maximum atomic E-state index is 12.2. The highest BCUT2D eigenvalue weighted by atomic mass is 32.2. The van der Waals surface area contributed by atoms with E-state index in [0.29, 0.717) is 5.69 Å². The van der Waals surface area contributed by atoms with Gasteiger partial charge in [-0.25, -0.2) is 8.42 Å². The first-order valence-corrected chi connectivity index (χ1v) is 9.13. The van der Waals surface area contributed by atoms with Crippen LogP contribution in [0.2, 0.25) is 0 Å². The molecule has 10 heteroatoms. The lowest BCUT2D eigenvalue weighted by Gasteiger charge is -2.12. The van der Waals surface area contributed by atoms with Gasteiger partial charge in [0.05, 0.1) is 9.82 Å². The first-order valence-electron chi connectivity index (χ1n) is 7.24. The maximum Gasteiger partial charge on any atom is 0.270 e. The number of thiocarbonyl (C=S) groups is 1. The Kier molecular flexibility index (Phi) is 6.02. The van der Waals surface area contributed by atoms with Crippen LogP contribution in [0.1, 0.15) is 12.5 Å². The van der Waals surface area contributed by atoms with Crippen molar-refractivity contribution in [3.63, 3.8) is 0 Å². The number of nitro groups is 1. The SMILES string of the molecule is CCc1cccc(NC(=S)NNS(=O)(=O)c2cccc([N+](=O)[O-])c2)c1. The third-order valence-electron chi connectivity index (χ3n) is 3.23. The molecule has 0 aliphatic heterocycles. The van der Waals surface area contributed by atoms with Crippen molar-refractivity contribution < 1.29 is 13.3 Å². The van der Waals surface area contributed by atoms with Gasteiger partial charge < -0.3 is 5.32 Å².